The van der Waals surface area contributed by atoms with E-state index in [1.165, 1.54) is 7.11 Å². The number of hydrogen-bond donors (Lipinski definition) is 0. The van der Waals surface area contributed by atoms with Gasteiger partial charge in [-0.25, -0.2) is 0 Å². The second kappa shape index (κ2) is 8.17. The molecule has 5 rings (SSSR count). The Labute approximate surface area is 191 Å². The normalized spacial score (nSPS) is 13.9. The van der Waals surface area contributed by atoms with Crippen molar-refractivity contribution in [3.63, 3.8) is 0 Å². The Hall–Kier alpha value is -3.99. The van der Waals surface area contributed by atoms with Crippen LogP contribution in [0.2, 0.25) is 0 Å². The highest BCUT2D eigenvalue weighted by Gasteiger charge is 2.29. The lowest BCUT2D eigenvalue weighted by Gasteiger charge is -2.29. The van der Waals surface area contributed by atoms with E-state index >= 15 is 0 Å². The molecular weight excluding hydrogens is 416 g/mol. The van der Waals surface area contributed by atoms with E-state index in [2.05, 4.69) is 0 Å². The first-order chi connectivity index (χ1) is 16.0. The van der Waals surface area contributed by atoms with Crippen molar-refractivity contribution < 1.29 is 18.6 Å². The van der Waals surface area contributed by atoms with Crippen LogP contribution in [-0.2, 0) is 6.61 Å². The van der Waals surface area contributed by atoms with Crippen molar-refractivity contribution in [3.05, 3.63) is 94.2 Å². The first-order valence-corrected chi connectivity index (χ1v) is 10.8. The third-order valence-corrected chi connectivity index (χ3v) is 5.59. The zero-order chi connectivity index (χ0) is 23.0. The van der Waals surface area contributed by atoms with Gasteiger partial charge in [-0.3, -0.25) is 4.79 Å². The number of fused-ring (bicyclic) bond motifs is 2. The highest BCUT2D eigenvalue weighted by Crippen LogP contribution is 2.43. The van der Waals surface area contributed by atoms with E-state index in [9.17, 15) is 4.79 Å². The standard InChI is InChI=1S/C28H24O5/c1-28(2)15-14-20-21(33-28)16-22-23(26(20)30-3)24(29)27(31-17-18-10-6-4-7-11-18)25(32-22)19-12-8-5-9-13-19/h4-16H,17H2,1-3H3. The highest BCUT2D eigenvalue weighted by atomic mass is 16.5. The van der Waals surface area contributed by atoms with Crippen LogP contribution in [0.5, 0.6) is 17.2 Å². The minimum absolute atomic E-state index is 0.150. The van der Waals surface area contributed by atoms with Gasteiger partial charge < -0.3 is 18.6 Å². The fourth-order valence-electron chi connectivity index (χ4n) is 3.99. The molecule has 0 N–H and O–H groups in total. The molecule has 2 heterocycles. The molecule has 0 amide bonds. The van der Waals surface area contributed by atoms with Gasteiger partial charge in [-0.15, -0.1) is 0 Å². The molecule has 5 heteroatoms. The Morgan fingerprint density at radius 2 is 1.64 bits per heavy atom. The van der Waals surface area contributed by atoms with Gasteiger partial charge in [0.25, 0.3) is 0 Å². The van der Waals surface area contributed by atoms with E-state index in [-0.39, 0.29) is 17.8 Å². The zero-order valence-corrected chi connectivity index (χ0v) is 18.8. The Bertz CT molecular complexity index is 1400. The molecule has 0 atom stereocenters. The molecule has 1 aliphatic heterocycles. The minimum Gasteiger partial charge on any atom is -0.495 e. The molecule has 0 saturated carbocycles. The van der Waals surface area contributed by atoms with E-state index in [1.54, 1.807) is 6.07 Å². The van der Waals surface area contributed by atoms with Crippen LogP contribution in [0, 0.1) is 0 Å². The van der Waals surface area contributed by atoms with Gasteiger partial charge in [0, 0.05) is 11.6 Å². The van der Waals surface area contributed by atoms with Gasteiger partial charge in [-0.05, 0) is 31.6 Å². The first-order valence-electron chi connectivity index (χ1n) is 10.8. The quantitative estimate of drug-likeness (QED) is 0.368. The topological polar surface area (TPSA) is 57.9 Å². The summed E-state index contributed by atoms with van der Waals surface area (Å²) in [5.41, 5.74) is 2.02. The molecule has 0 bridgehead atoms. The smallest absolute Gasteiger partial charge is 0.239 e. The van der Waals surface area contributed by atoms with Gasteiger partial charge in [-0.2, -0.15) is 0 Å². The predicted molar refractivity (Wildman–Crippen MR) is 129 cm³/mol. The van der Waals surface area contributed by atoms with E-state index in [0.717, 1.165) is 11.1 Å². The fourth-order valence-corrected chi connectivity index (χ4v) is 3.99. The zero-order valence-electron chi connectivity index (χ0n) is 18.8. The van der Waals surface area contributed by atoms with Crippen LogP contribution in [0.15, 0.2) is 82.0 Å². The maximum Gasteiger partial charge on any atom is 0.239 e. The van der Waals surface area contributed by atoms with Crippen LogP contribution in [-0.4, -0.2) is 12.7 Å². The van der Waals surface area contributed by atoms with Crippen molar-refractivity contribution in [1.82, 2.24) is 0 Å². The lowest BCUT2D eigenvalue weighted by Crippen LogP contribution is -2.27. The molecule has 0 unspecified atom stereocenters. The van der Waals surface area contributed by atoms with E-state index in [4.69, 9.17) is 18.6 Å². The molecule has 0 radical (unpaired) electrons. The van der Waals surface area contributed by atoms with Crippen LogP contribution in [0.4, 0.5) is 0 Å². The highest BCUT2D eigenvalue weighted by molar-refractivity contribution is 5.93. The molecule has 166 valence electrons. The van der Waals surface area contributed by atoms with Crippen LogP contribution in [0.1, 0.15) is 25.0 Å². The number of hydrogen-bond acceptors (Lipinski definition) is 5. The van der Waals surface area contributed by atoms with Gasteiger partial charge in [-0.1, -0.05) is 60.7 Å². The second-order valence-corrected chi connectivity index (χ2v) is 8.46. The monoisotopic (exact) mass is 440 g/mol. The summed E-state index contributed by atoms with van der Waals surface area (Å²) < 4.78 is 24.2. The number of benzene rings is 3. The maximum absolute atomic E-state index is 13.8. The summed E-state index contributed by atoms with van der Waals surface area (Å²) in [6, 6.07) is 20.9. The third kappa shape index (κ3) is 3.87. The van der Waals surface area contributed by atoms with Crippen molar-refractivity contribution in [2.45, 2.75) is 26.1 Å². The summed E-state index contributed by atoms with van der Waals surface area (Å²) >= 11 is 0. The summed E-state index contributed by atoms with van der Waals surface area (Å²) in [7, 11) is 1.54. The number of methoxy groups -OCH3 is 1. The lowest BCUT2D eigenvalue weighted by atomic mass is 9.99. The molecular formula is C28H24O5. The molecule has 4 aromatic rings. The van der Waals surface area contributed by atoms with Gasteiger partial charge in [0.1, 0.15) is 34.7 Å². The largest absolute Gasteiger partial charge is 0.495 e. The molecule has 5 nitrogen and oxygen atoms in total. The lowest BCUT2D eigenvalue weighted by molar-refractivity contribution is 0.158. The Kier molecular flexibility index (Phi) is 5.17. The van der Waals surface area contributed by atoms with Gasteiger partial charge in [0.15, 0.2) is 5.76 Å². The Morgan fingerprint density at radius 3 is 2.33 bits per heavy atom. The number of rotatable bonds is 5. The summed E-state index contributed by atoms with van der Waals surface area (Å²) in [4.78, 5) is 13.8. The Balaban J connectivity index is 1.75. The van der Waals surface area contributed by atoms with Crippen LogP contribution >= 0.6 is 0 Å². The average Bonchev–Trinajstić information content (AvgIpc) is 2.82. The molecule has 3 aromatic carbocycles. The summed E-state index contributed by atoms with van der Waals surface area (Å²) in [5, 5.41) is 0.326. The molecule has 1 aromatic heterocycles. The van der Waals surface area contributed by atoms with Crippen molar-refractivity contribution in [3.8, 4) is 28.6 Å². The van der Waals surface area contributed by atoms with Crippen LogP contribution < -0.4 is 19.6 Å². The molecule has 0 aliphatic carbocycles. The Morgan fingerprint density at radius 1 is 0.939 bits per heavy atom. The first kappa shape index (κ1) is 20.9. The minimum atomic E-state index is -0.479. The fraction of sp³-hybridized carbons (Fsp3) is 0.179. The van der Waals surface area contributed by atoms with Crippen LogP contribution in [0.3, 0.4) is 0 Å². The van der Waals surface area contributed by atoms with Crippen molar-refractivity contribution in [1.29, 1.82) is 0 Å². The maximum atomic E-state index is 13.8. The summed E-state index contributed by atoms with van der Waals surface area (Å²) in [6.07, 6.45) is 3.86. The molecule has 0 fully saturated rings. The molecule has 1 aliphatic rings. The molecule has 0 saturated heterocycles. The third-order valence-electron chi connectivity index (χ3n) is 5.59. The molecule has 33 heavy (non-hydrogen) atoms. The van der Waals surface area contributed by atoms with E-state index in [1.807, 2.05) is 86.7 Å². The van der Waals surface area contributed by atoms with E-state index < -0.39 is 5.60 Å². The molecule has 0 spiro atoms. The van der Waals surface area contributed by atoms with Crippen molar-refractivity contribution in [2.24, 2.45) is 0 Å². The summed E-state index contributed by atoms with van der Waals surface area (Å²) in [6.45, 7) is 4.17. The SMILES string of the molecule is COc1c2c(cc3oc(-c4ccccc4)c(OCc4ccccc4)c(=O)c13)OC(C)(C)C=C2. The predicted octanol–water partition coefficient (Wildman–Crippen LogP) is 6.23. The van der Waals surface area contributed by atoms with Gasteiger partial charge >= 0.3 is 0 Å². The van der Waals surface area contributed by atoms with Crippen molar-refractivity contribution in [2.75, 3.05) is 7.11 Å². The van der Waals surface area contributed by atoms with Gasteiger partial charge in [0.05, 0.1) is 12.7 Å². The number of ether oxygens (including phenoxy) is 3. The van der Waals surface area contributed by atoms with E-state index in [0.29, 0.717) is 33.8 Å². The van der Waals surface area contributed by atoms with Crippen LogP contribution in [0.25, 0.3) is 28.4 Å². The summed E-state index contributed by atoms with van der Waals surface area (Å²) in [5.74, 6) is 1.53. The second-order valence-electron chi connectivity index (χ2n) is 8.46. The van der Waals surface area contributed by atoms with Crippen molar-refractivity contribution >= 4 is 17.0 Å². The van der Waals surface area contributed by atoms with Gasteiger partial charge in [0.2, 0.25) is 11.2 Å². The average molecular weight is 440 g/mol.